The van der Waals surface area contributed by atoms with Crippen molar-refractivity contribution in [3.05, 3.63) is 78.1 Å². The van der Waals surface area contributed by atoms with E-state index in [1.165, 1.54) is 5.56 Å². The first-order chi connectivity index (χ1) is 13.7. The molecule has 1 fully saturated rings. The van der Waals surface area contributed by atoms with Gasteiger partial charge in [0.2, 0.25) is 0 Å². The quantitative estimate of drug-likeness (QED) is 0.743. The zero-order valence-corrected chi connectivity index (χ0v) is 15.9. The minimum absolute atomic E-state index is 0.0517. The van der Waals surface area contributed by atoms with Crippen LogP contribution in [0.3, 0.4) is 0 Å². The number of hydrogen-bond donors (Lipinski definition) is 1. The van der Waals surface area contributed by atoms with E-state index in [0.29, 0.717) is 25.3 Å². The fraction of sp³-hybridized carbons (Fsp3) is 0.273. The first-order valence-corrected chi connectivity index (χ1v) is 9.44. The van der Waals surface area contributed by atoms with Crippen LogP contribution in [0.1, 0.15) is 22.0 Å². The maximum absolute atomic E-state index is 13.0. The number of benzene rings is 2. The summed E-state index contributed by atoms with van der Waals surface area (Å²) in [6, 6.07) is 19.6. The maximum atomic E-state index is 13.0. The van der Waals surface area contributed by atoms with Crippen molar-refractivity contribution in [2.75, 3.05) is 26.7 Å². The molecule has 6 nitrogen and oxygen atoms in total. The summed E-state index contributed by atoms with van der Waals surface area (Å²) in [5.74, 6) is 1.25. The van der Waals surface area contributed by atoms with Gasteiger partial charge in [0.1, 0.15) is 5.75 Å². The Morgan fingerprint density at radius 2 is 1.86 bits per heavy atom. The molecule has 3 aromatic rings. The average Bonchev–Trinajstić information content (AvgIpc) is 3.41. The largest absolute Gasteiger partial charge is 0.497 e. The Labute approximate surface area is 164 Å². The summed E-state index contributed by atoms with van der Waals surface area (Å²) in [6.45, 7) is 1.88. The molecule has 4 rings (SSSR count). The summed E-state index contributed by atoms with van der Waals surface area (Å²) in [7, 11) is 1.63. The molecule has 2 N–H and O–H groups in total. The van der Waals surface area contributed by atoms with Crippen LogP contribution in [-0.2, 0) is 0 Å². The summed E-state index contributed by atoms with van der Waals surface area (Å²) in [4.78, 5) is 14.9. The lowest BCUT2D eigenvalue weighted by Crippen LogP contribution is -2.30. The van der Waals surface area contributed by atoms with Gasteiger partial charge in [-0.25, -0.2) is 4.68 Å². The number of hydrogen-bond acceptors (Lipinski definition) is 4. The van der Waals surface area contributed by atoms with Crippen molar-refractivity contribution in [3.8, 4) is 11.4 Å². The van der Waals surface area contributed by atoms with Gasteiger partial charge in [-0.2, -0.15) is 5.10 Å². The van der Waals surface area contributed by atoms with Crippen LogP contribution in [0.15, 0.2) is 66.9 Å². The van der Waals surface area contributed by atoms with Gasteiger partial charge in [-0.05, 0) is 48.4 Å². The summed E-state index contributed by atoms with van der Waals surface area (Å²) in [5, 5.41) is 4.48. The van der Waals surface area contributed by atoms with E-state index in [0.717, 1.165) is 11.4 Å². The second-order valence-corrected chi connectivity index (χ2v) is 7.07. The molecule has 0 saturated carbocycles. The Morgan fingerprint density at radius 3 is 2.54 bits per heavy atom. The minimum atomic E-state index is -0.0517. The highest BCUT2D eigenvalue weighted by molar-refractivity contribution is 5.92. The molecule has 0 spiro atoms. The van der Waals surface area contributed by atoms with Gasteiger partial charge in [-0.15, -0.1) is 0 Å². The van der Waals surface area contributed by atoms with Crippen LogP contribution in [0.2, 0.25) is 0 Å². The van der Waals surface area contributed by atoms with Crippen molar-refractivity contribution in [1.82, 2.24) is 14.7 Å². The van der Waals surface area contributed by atoms with Crippen LogP contribution in [0.5, 0.6) is 5.75 Å². The lowest BCUT2D eigenvalue weighted by Gasteiger charge is -2.16. The number of amides is 1. The second kappa shape index (κ2) is 7.86. The lowest BCUT2D eigenvalue weighted by atomic mass is 9.89. The molecule has 28 heavy (non-hydrogen) atoms. The van der Waals surface area contributed by atoms with Crippen molar-refractivity contribution < 1.29 is 9.53 Å². The number of ether oxygens (including phenoxy) is 1. The summed E-state index contributed by atoms with van der Waals surface area (Å²) in [5.41, 5.74) is 8.55. The highest BCUT2D eigenvalue weighted by Crippen LogP contribution is 2.32. The molecule has 0 radical (unpaired) electrons. The van der Waals surface area contributed by atoms with Gasteiger partial charge in [-0.1, -0.05) is 30.3 Å². The average molecular weight is 376 g/mol. The van der Waals surface area contributed by atoms with Crippen molar-refractivity contribution in [2.24, 2.45) is 11.7 Å². The summed E-state index contributed by atoms with van der Waals surface area (Å²) in [6.07, 6.45) is 1.81. The monoisotopic (exact) mass is 376 g/mol. The molecule has 144 valence electrons. The Hall–Kier alpha value is -3.12. The maximum Gasteiger partial charge on any atom is 0.274 e. The van der Waals surface area contributed by atoms with Crippen LogP contribution in [0.25, 0.3) is 5.69 Å². The third-order valence-corrected chi connectivity index (χ3v) is 5.40. The van der Waals surface area contributed by atoms with E-state index in [9.17, 15) is 4.79 Å². The molecule has 0 bridgehead atoms. The number of carbonyl (C=O) groups is 1. The number of nitrogens with two attached hydrogens (primary N) is 1. The van der Waals surface area contributed by atoms with Gasteiger partial charge in [0.25, 0.3) is 5.91 Å². The van der Waals surface area contributed by atoms with E-state index in [2.05, 4.69) is 17.2 Å². The molecule has 2 heterocycles. The van der Waals surface area contributed by atoms with Gasteiger partial charge < -0.3 is 15.4 Å². The van der Waals surface area contributed by atoms with E-state index in [-0.39, 0.29) is 17.7 Å². The second-order valence-electron chi connectivity index (χ2n) is 7.07. The molecule has 2 aromatic carbocycles. The molecule has 6 heteroatoms. The highest BCUT2D eigenvalue weighted by atomic mass is 16.5. The molecule has 1 saturated heterocycles. The van der Waals surface area contributed by atoms with Crippen molar-refractivity contribution in [3.63, 3.8) is 0 Å². The molecule has 1 aliphatic rings. The number of carbonyl (C=O) groups excluding carboxylic acids is 1. The number of methoxy groups -OCH3 is 1. The van der Waals surface area contributed by atoms with Crippen molar-refractivity contribution in [1.29, 1.82) is 0 Å². The minimum Gasteiger partial charge on any atom is -0.497 e. The zero-order chi connectivity index (χ0) is 19.5. The SMILES string of the molecule is COc1ccc(-n2ccc(C(=O)N3C[C@@H](CN)[C@H](c4ccccc4)C3)n2)cc1. The number of aromatic nitrogens is 2. The third kappa shape index (κ3) is 3.51. The number of likely N-dealkylation sites (tertiary alicyclic amines) is 1. The molecule has 0 unspecified atom stereocenters. The lowest BCUT2D eigenvalue weighted by molar-refractivity contribution is 0.0780. The topological polar surface area (TPSA) is 73.4 Å². The summed E-state index contributed by atoms with van der Waals surface area (Å²) >= 11 is 0. The van der Waals surface area contributed by atoms with Gasteiger partial charge >= 0.3 is 0 Å². The Balaban J connectivity index is 1.51. The van der Waals surface area contributed by atoms with E-state index in [1.54, 1.807) is 24.1 Å². The number of rotatable bonds is 5. The van der Waals surface area contributed by atoms with Gasteiger partial charge in [0, 0.05) is 25.2 Å². The van der Waals surface area contributed by atoms with Crippen LogP contribution in [-0.4, -0.2) is 47.3 Å². The normalized spacial score (nSPS) is 19.0. The van der Waals surface area contributed by atoms with Crippen LogP contribution in [0, 0.1) is 5.92 Å². The smallest absolute Gasteiger partial charge is 0.274 e. The Morgan fingerprint density at radius 1 is 1.11 bits per heavy atom. The third-order valence-electron chi connectivity index (χ3n) is 5.40. The van der Waals surface area contributed by atoms with E-state index >= 15 is 0 Å². The molecule has 1 aliphatic heterocycles. The van der Waals surface area contributed by atoms with Gasteiger partial charge in [0.15, 0.2) is 5.69 Å². The molecule has 0 aliphatic carbocycles. The van der Waals surface area contributed by atoms with Crippen molar-refractivity contribution >= 4 is 5.91 Å². The van der Waals surface area contributed by atoms with E-state index in [1.807, 2.05) is 47.4 Å². The van der Waals surface area contributed by atoms with Gasteiger partial charge in [0.05, 0.1) is 12.8 Å². The van der Waals surface area contributed by atoms with Crippen molar-refractivity contribution in [2.45, 2.75) is 5.92 Å². The molecule has 1 aromatic heterocycles. The molecular weight excluding hydrogens is 352 g/mol. The molecular formula is C22H24N4O2. The van der Waals surface area contributed by atoms with E-state index in [4.69, 9.17) is 10.5 Å². The first kappa shape index (κ1) is 18.3. The fourth-order valence-corrected chi connectivity index (χ4v) is 3.83. The number of nitrogens with zero attached hydrogens (tertiary/aromatic N) is 3. The Kier molecular flexibility index (Phi) is 5.12. The molecule has 1 amide bonds. The first-order valence-electron chi connectivity index (χ1n) is 9.44. The van der Waals surface area contributed by atoms with Crippen LogP contribution in [0.4, 0.5) is 0 Å². The standard InChI is InChI=1S/C22H24N4O2/c1-28-19-9-7-18(8-10-19)26-12-11-21(24-26)22(27)25-14-17(13-23)20(15-25)16-5-3-2-4-6-16/h2-12,17,20H,13-15,23H2,1H3/t17-,20+/m1/s1. The highest BCUT2D eigenvalue weighted by Gasteiger charge is 2.36. The van der Waals surface area contributed by atoms with E-state index < -0.39 is 0 Å². The predicted molar refractivity (Wildman–Crippen MR) is 108 cm³/mol. The fourth-order valence-electron chi connectivity index (χ4n) is 3.83. The zero-order valence-electron chi connectivity index (χ0n) is 15.9. The Bertz CT molecular complexity index is 937. The van der Waals surface area contributed by atoms with Gasteiger partial charge in [-0.3, -0.25) is 4.79 Å². The molecule has 2 atom stereocenters. The summed E-state index contributed by atoms with van der Waals surface area (Å²) < 4.78 is 6.89. The predicted octanol–water partition coefficient (Wildman–Crippen LogP) is 2.70. The van der Waals surface area contributed by atoms with Crippen LogP contribution >= 0.6 is 0 Å². The van der Waals surface area contributed by atoms with Crippen LogP contribution < -0.4 is 10.5 Å².